The van der Waals surface area contributed by atoms with Crippen molar-refractivity contribution in [3.05, 3.63) is 0 Å². The highest BCUT2D eigenvalue weighted by molar-refractivity contribution is 5.85. The zero-order valence-corrected chi connectivity index (χ0v) is 11.9. The lowest BCUT2D eigenvalue weighted by atomic mass is 9.97. The quantitative estimate of drug-likeness (QED) is 0.711. The predicted molar refractivity (Wildman–Crippen MR) is 73.0 cm³/mol. The number of piperidine rings is 1. The average molecular weight is 267 g/mol. The van der Waals surface area contributed by atoms with Crippen molar-refractivity contribution in [1.82, 2.24) is 10.2 Å². The molecule has 1 fully saturated rings. The first kappa shape index (κ1) is 17.1. The van der Waals surface area contributed by atoms with Gasteiger partial charge < -0.3 is 14.8 Å². The standard InChI is InChI=1S/C12H26N2O2.ClH/c1-15-9-7-14(8-10-16-2)11-12-3-5-13-6-4-12;/h12-13H,3-11H2,1-2H3;1H. The van der Waals surface area contributed by atoms with Crippen LogP contribution in [0.2, 0.25) is 0 Å². The van der Waals surface area contributed by atoms with E-state index >= 15 is 0 Å². The SMILES string of the molecule is COCCN(CCOC)CC1CCNCC1.Cl. The van der Waals surface area contributed by atoms with E-state index in [4.69, 9.17) is 9.47 Å². The molecule has 0 atom stereocenters. The number of nitrogens with zero attached hydrogens (tertiary/aromatic N) is 1. The second-order valence-corrected chi connectivity index (χ2v) is 4.48. The molecule has 0 radical (unpaired) electrons. The van der Waals surface area contributed by atoms with Crippen LogP contribution in [0.25, 0.3) is 0 Å². The van der Waals surface area contributed by atoms with Crippen LogP contribution in [0.3, 0.4) is 0 Å². The fraction of sp³-hybridized carbons (Fsp3) is 1.00. The molecule has 0 aromatic rings. The number of hydrogen-bond donors (Lipinski definition) is 1. The molecule has 0 aromatic carbocycles. The van der Waals surface area contributed by atoms with Crippen LogP contribution in [0.1, 0.15) is 12.8 Å². The van der Waals surface area contributed by atoms with E-state index < -0.39 is 0 Å². The van der Waals surface area contributed by atoms with Gasteiger partial charge in [-0.2, -0.15) is 0 Å². The zero-order valence-electron chi connectivity index (χ0n) is 11.1. The van der Waals surface area contributed by atoms with Crippen LogP contribution in [-0.2, 0) is 9.47 Å². The van der Waals surface area contributed by atoms with Gasteiger partial charge >= 0.3 is 0 Å². The largest absolute Gasteiger partial charge is 0.383 e. The third kappa shape index (κ3) is 7.95. The molecule has 1 saturated heterocycles. The molecular weight excluding hydrogens is 240 g/mol. The molecule has 1 aliphatic heterocycles. The summed E-state index contributed by atoms with van der Waals surface area (Å²) < 4.78 is 10.3. The minimum atomic E-state index is 0. The first-order valence-electron chi connectivity index (χ1n) is 6.27. The molecule has 4 nitrogen and oxygen atoms in total. The average Bonchev–Trinajstić information content (AvgIpc) is 2.34. The Kier molecular flexibility index (Phi) is 11.3. The Bertz CT molecular complexity index is 159. The first-order chi connectivity index (χ1) is 7.86. The van der Waals surface area contributed by atoms with Crippen LogP contribution in [0.15, 0.2) is 0 Å². The predicted octanol–water partition coefficient (Wildman–Crippen LogP) is 1.00. The summed E-state index contributed by atoms with van der Waals surface area (Å²) in [5.41, 5.74) is 0. The maximum atomic E-state index is 5.15. The molecule has 1 N–H and O–H groups in total. The Morgan fingerprint density at radius 1 is 1.06 bits per heavy atom. The normalized spacial score (nSPS) is 17.1. The van der Waals surface area contributed by atoms with E-state index in [0.29, 0.717) is 0 Å². The number of nitrogens with one attached hydrogen (secondary N) is 1. The molecule has 104 valence electrons. The number of halogens is 1. The van der Waals surface area contributed by atoms with E-state index in [2.05, 4.69) is 10.2 Å². The van der Waals surface area contributed by atoms with Gasteiger partial charge in [0.25, 0.3) is 0 Å². The van der Waals surface area contributed by atoms with E-state index in [1.54, 1.807) is 14.2 Å². The van der Waals surface area contributed by atoms with Gasteiger partial charge in [0.2, 0.25) is 0 Å². The summed E-state index contributed by atoms with van der Waals surface area (Å²) in [6, 6.07) is 0. The van der Waals surface area contributed by atoms with Crippen LogP contribution < -0.4 is 5.32 Å². The van der Waals surface area contributed by atoms with E-state index in [9.17, 15) is 0 Å². The lowest BCUT2D eigenvalue weighted by Gasteiger charge is -2.29. The van der Waals surface area contributed by atoms with Crippen molar-refractivity contribution in [2.24, 2.45) is 5.92 Å². The molecule has 0 aliphatic carbocycles. The van der Waals surface area contributed by atoms with Gasteiger partial charge in [0, 0.05) is 33.9 Å². The third-order valence-electron chi connectivity index (χ3n) is 3.20. The van der Waals surface area contributed by atoms with Crippen molar-refractivity contribution >= 4 is 12.4 Å². The molecule has 1 rings (SSSR count). The van der Waals surface area contributed by atoms with Crippen molar-refractivity contribution in [2.75, 3.05) is 60.2 Å². The number of methoxy groups -OCH3 is 2. The minimum Gasteiger partial charge on any atom is -0.383 e. The second kappa shape index (κ2) is 11.2. The van der Waals surface area contributed by atoms with Gasteiger partial charge in [-0.05, 0) is 31.8 Å². The molecule has 0 bridgehead atoms. The van der Waals surface area contributed by atoms with Crippen molar-refractivity contribution in [2.45, 2.75) is 12.8 Å². The van der Waals surface area contributed by atoms with Gasteiger partial charge in [0.15, 0.2) is 0 Å². The van der Waals surface area contributed by atoms with Crippen LogP contribution in [0, 0.1) is 5.92 Å². The lowest BCUT2D eigenvalue weighted by molar-refractivity contribution is 0.0993. The van der Waals surface area contributed by atoms with E-state index in [1.165, 1.54) is 32.5 Å². The summed E-state index contributed by atoms with van der Waals surface area (Å²) >= 11 is 0. The summed E-state index contributed by atoms with van der Waals surface area (Å²) in [4.78, 5) is 2.46. The highest BCUT2D eigenvalue weighted by Crippen LogP contribution is 2.13. The molecule has 0 aromatic heterocycles. The number of hydrogen-bond acceptors (Lipinski definition) is 4. The van der Waals surface area contributed by atoms with Crippen molar-refractivity contribution in [1.29, 1.82) is 0 Å². The molecule has 0 amide bonds. The molecule has 1 aliphatic rings. The molecule has 0 saturated carbocycles. The Morgan fingerprint density at radius 2 is 1.59 bits per heavy atom. The number of ether oxygens (including phenoxy) is 2. The smallest absolute Gasteiger partial charge is 0.0589 e. The Balaban J connectivity index is 0.00000256. The van der Waals surface area contributed by atoms with Gasteiger partial charge in [-0.1, -0.05) is 0 Å². The van der Waals surface area contributed by atoms with Crippen molar-refractivity contribution < 1.29 is 9.47 Å². The number of rotatable bonds is 8. The molecule has 0 unspecified atom stereocenters. The maximum Gasteiger partial charge on any atom is 0.0589 e. The second-order valence-electron chi connectivity index (χ2n) is 4.48. The molecule has 17 heavy (non-hydrogen) atoms. The molecule has 0 spiro atoms. The van der Waals surface area contributed by atoms with Gasteiger partial charge in [-0.25, -0.2) is 0 Å². The van der Waals surface area contributed by atoms with Crippen molar-refractivity contribution in [3.8, 4) is 0 Å². The van der Waals surface area contributed by atoms with Crippen LogP contribution in [-0.4, -0.2) is 65.1 Å². The monoisotopic (exact) mass is 266 g/mol. The molecule has 5 heteroatoms. The zero-order chi connectivity index (χ0) is 11.6. The molecule has 1 heterocycles. The van der Waals surface area contributed by atoms with Gasteiger partial charge in [-0.15, -0.1) is 12.4 Å². The van der Waals surface area contributed by atoms with E-state index in [1.807, 2.05) is 0 Å². The summed E-state index contributed by atoms with van der Waals surface area (Å²) in [6.45, 7) is 7.20. The van der Waals surface area contributed by atoms with E-state index in [0.717, 1.165) is 32.2 Å². The van der Waals surface area contributed by atoms with E-state index in [-0.39, 0.29) is 12.4 Å². The van der Waals surface area contributed by atoms with Gasteiger partial charge in [-0.3, -0.25) is 4.90 Å². The van der Waals surface area contributed by atoms with Crippen LogP contribution in [0.4, 0.5) is 0 Å². The Hall–Kier alpha value is 0.130. The summed E-state index contributed by atoms with van der Waals surface area (Å²) in [6.07, 6.45) is 2.60. The molecular formula is C12H27ClN2O2. The lowest BCUT2D eigenvalue weighted by Crippen LogP contribution is -2.39. The topological polar surface area (TPSA) is 33.7 Å². The summed E-state index contributed by atoms with van der Waals surface area (Å²) in [7, 11) is 3.53. The fourth-order valence-electron chi connectivity index (χ4n) is 2.16. The van der Waals surface area contributed by atoms with Crippen LogP contribution >= 0.6 is 12.4 Å². The van der Waals surface area contributed by atoms with Crippen molar-refractivity contribution in [3.63, 3.8) is 0 Å². The van der Waals surface area contributed by atoms with Crippen LogP contribution in [0.5, 0.6) is 0 Å². The highest BCUT2D eigenvalue weighted by Gasteiger charge is 2.16. The third-order valence-corrected chi connectivity index (χ3v) is 3.20. The highest BCUT2D eigenvalue weighted by atomic mass is 35.5. The summed E-state index contributed by atoms with van der Waals surface area (Å²) in [5.74, 6) is 0.843. The Morgan fingerprint density at radius 3 is 2.06 bits per heavy atom. The fourth-order valence-corrected chi connectivity index (χ4v) is 2.16. The first-order valence-corrected chi connectivity index (χ1v) is 6.27. The minimum absolute atomic E-state index is 0. The summed E-state index contributed by atoms with van der Waals surface area (Å²) in [5, 5.41) is 3.41. The Labute approximate surface area is 111 Å². The maximum absolute atomic E-state index is 5.15. The van der Waals surface area contributed by atoms with Gasteiger partial charge in [0.05, 0.1) is 13.2 Å². The van der Waals surface area contributed by atoms with Gasteiger partial charge in [0.1, 0.15) is 0 Å².